The van der Waals surface area contributed by atoms with Gasteiger partial charge in [0.2, 0.25) is 0 Å². The number of hydrazone groups is 1. The van der Waals surface area contributed by atoms with Gasteiger partial charge in [0.05, 0.1) is 6.21 Å². The Morgan fingerprint density at radius 1 is 1.19 bits per heavy atom. The first-order valence-corrected chi connectivity index (χ1v) is 9.51. The van der Waals surface area contributed by atoms with Crippen molar-refractivity contribution in [2.45, 2.75) is 11.8 Å². The molecule has 0 aliphatic heterocycles. The molecule has 0 aliphatic rings. The van der Waals surface area contributed by atoms with Crippen LogP contribution in [0.4, 0.5) is 0 Å². The van der Waals surface area contributed by atoms with Crippen LogP contribution in [0.5, 0.6) is 5.75 Å². The highest BCUT2D eigenvalue weighted by atomic mass is 32.2. The average molecular weight is 390 g/mol. The van der Waals surface area contributed by atoms with Crippen molar-refractivity contribution in [2.24, 2.45) is 5.10 Å². The van der Waals surface area contributed by atoms with E-state index in [0.717, 1.165) is 11.1 Å². The predicted molar refractivity (Wildman–Crippen MR) is 107 cm³/mol. The first-order chi connectivity index (χ1) is 12.4. The Labute approximate surface area is 158 Å². The molecule has 0 aromatic heterocycles. The highest BCUT2D eigenvalue weighted by Crippen LogP contribution is 2.19. The van der Waals surface area contributed by atoms with E-state index in [-0.39, 0.29) is 10.6 Å². The molecule has 0 amide bonds. The van der Waals surface area contributed by atoms with Crippen molar-refractivity contribution in [2.75, 3.05) is 6.54 Å². The molecule has 2 aromatic rings. The van der Waals surface area contributed by atoms with Crippen LogP contribution in [-0.2, 0) is 10.1 Å². The normalized spacial score (nSPS) is 11.1. The minimum absolute atomic E-state index is 0.110. The molecule has 6 nitrogen and oxygen atoms in total. The molecule has 0 heterocycles. The van der Waals surface area contributed by atoms with Crippen LogP contribution in [0.2, 0.25) is 0 Å². The fourth-order valence-electron chi connectivity index (χ4n) is 1.86. The third-order valence-electron chi connectivity index (χ3n) is 3.18. The minimum atomic E-state index is -3.86. The smallest absolute Gasteiger partial charge is 0.339 e. The summed E-state index contributed by atoms with van der Waals surface area (Å²) in [4.78, 5) is 0.110. The Morgan fingerprint density at radius 2 is 1.85 bits per heavy atom. The quantitative estimate of drug-likeness (QED) is 0.249. The summed E-state index contributed by atoms with van der Waals surface area (Å²) in [5.74, 6) is 0.221. The molecule has 136 valence electrons. The van der Waals surface area contributed by atoms with E-state index in [0.29, 0.717) is 11.7 Å². The van der Waals surface area contributed by atoms with Gasteiger partial charge in [0.1, 0.15) is 10.6 Å². The van der Waals surface area contributed by atoms with Crippen LogP contribution in [0.25, 0.3) is 0 Å². The Hall–Kier alpha value is -2.71. The maximum Gasteiger partial charge on any atom is 0.339 e. The standard InChI is InChI=1S/C18H19N3O3S2/c1-3-12-19-18(25)21-20-13-15-6-8-16(9-7-15)24-26(22,23)17-10-4-14(2)5-11-17/h3-11,13H,1,12H2,2H3,(H2,19,21,25)/b20-13-. The molecule has 26 heavy (non-hydrogen) atoms. The lowest BCUT2D eigenvalue weighted by atomic mass is 10.2. The van der Waals surface area contributed by atoms with Crippen molar-refractivity contribution >= 4 is 33.7 Å². The number of hydrogen-bond acceptors (Lipinski definition) is 5. The Balaban J connectivity index is 1.97. The maximum absolute atomic E-state index is 12.2. The van der Waals surface area contributed by atoms with Gasteiger partial charge in [0.25, 0.3) is 0 Å². The van der Waals surface area contributed by atoms with Gasteiger partial charge in [0, 0.05) is 6.54 Å². The number of nitrogens with one attached hydrogen (secondary N) is 2. The van der Waals surface area contributed by atoms with Crippen LogP contribution in [0.1, 0.15) is 11.1 Å². The summed E-state index contributed by atoms with van der Waals surface area (Å²) >= 11 is 5.00. The summed E-state index contributed by atoms with van der Waals surface area (Å²) in [6, 6.07) is 13.0. The van der Waals surface area contributed by atoms with E-state index in [1.165, 1.54) is 12.1 Å². The fourth-order valence-corrected chi connectivity index (χ4v) is 2.93. The highest BCUT2D eigenvalue weighted by Gasteiger charge is 2.16. The fraction of sp³-hybridized carbons (Fsp3) is 0.111. The van der Waals surface area contributed by atoms with E-state index in [1.807, 2.05) is 6.92 Å². The zero-order valence-electron chi connectivity index (χ0n) is 14.2. The van der Waals surface area contributed by atoms with E-state index >= 15 is 0 Å². The monoisotopic (exact) mass is 389 g/mol. The molecule has 0 radical (unpaired) electrons. The number of nitrogens with zero attached hydrogens (tertiary/aromatic N) is 1. The molecule has 2 N–H and O–H groups in total. The largest absolute Gasteiger partial charge is 0.379 e. The van der Waals surface area contributed by atoms with Crippen LogP contribution in [0.3, 0.4) is 0 Å². The average Bonchev–Trinajstić information content (AvgIpc) is 2.61. The van der Waals surface area contributed by atoms with Gasteiger partial charge in [-0.05, 0) is 61.1 Å². The van der Waals surface area contributed by atoms with Crippen LogP contribution in [0.15, 0.2) is 71.2 Å². The molecule has 0 saturated heterocycles. The molecule has 0 atom stereocenters. The third-order valence-corrected chi connectivity index (χ3v) is 4.68. The lowest BCUT2D eigenvalue weighted by Gasteiger charge is -2.07. The first-order valence-electron chi connectivity index (χ1n) is 7.70. The van der Waals surface area contributed by atoms with Crippen LogP contribution in [-0.4, -0.2) is 26.3 Å². The van der Waals surface area contributed by atoms with Gasteiger partial charge in [-0.25, -0.2) is 0 Å². The van der Waals surface area contributed by atoms with Crippen molar-refractivity contribution in [1.29, 1.82) is 0 Å². The highest BCUT2D eigenvalue weighted by molar-refractivity contribution is 7.87. The molecule has 0 unspecified atom stereocenters. The number of thiocarbonyl (C=S) groups is 1. The summed E-state index contributed by atoms with van der Waals surface area (Å²) in [6.45, 7) is 6.00. The molecule has 0 spiro atoms. The number of rotatable bonds is 7. The lowest BCUT2D eigenvalue weighted by Crippen LogP contribution is -2.31. The number of benzene rings is 2. The zero-order valence-corrected chi connectivity index (χ0v) is 15.8. The first kappa shape index (κ1) is 19.6. The van der Waals surface area contributed by atoms with Crippen molar-refractivity contribution in [3.8, 4) is 5.75 Å². The van der Waals surface area contributed by atoms with E-state index in [1.54, 1.807) is 48.7 Å². The van der Waals surface area contributed by atoms with Gasteiger partial charge in [-0.2, -0.15) is 13.5 Å². The van der Waals surface area contributed by atoms with Crippen LogP contribution >= 0.6 is 12.2 Å². The molecule has 0 fully saturated rings. The molecular weight excluding hydrogens is 370 g/mol. The third kappa shape index (κ3) is 5.98. The van der Waals surface area contributed by atoms with Gasteiger partial charge in [-0.15, -0.1) is 6.58 Å². The molecule has 0 saturated carbocycles. The molecular formula is C18H19N3O3S2. The van der Waals surface area contributed by atoms with Crippen LogP contribution < -0.4 is 14.9 Å². The number of hydrogen-bond donors (Lipinski definition) is 2. The molecule has 0 bridgehead atoms. The second-order valence-electron chi connectivity index (χ2n) is 5.29. The Morgan fingerprint density at radius 3 is 2.46 bits per heavy atom. The topological polar surface area (TPSA) is 79.8 Å². The van der Waals surface area contributed by atoms with Crippen molar-refractivity contribution in [3.05, 3.63) is 72.3 Å². The number of aryl methyl sites for hydroxylation is 1. The second kappa shape index (κ2) is 9.12. The Bertz CT molecular complexity index is 890. The minimum Gasteiger partial charge on any atom is -0.379 e. The molecule has 2 aromatic carbocycles. The SMILES string of the molecule is C=CCNC(=S)N/N=C\c1ccc(OS(=O)(=O)c2ccc(C)cc2)cc1. The Kier molecular flexibility index (Phi) is 6.88. The van der Waals surface area contributed by atoms with E-state index in [2.05, 4.69) is 22.4 Å². The van der Waals surface area contributed by atoms with Gasteiger partial charge < -0.3 is 9.50 Å². The van der Waals surface area contributed by atoms with E-state index in [4.69, 9.17) is 16.4 Å². The van der Waals surface area contributed by atoms with Gasteiger partial charge in [-0.3, -0.25) is 5.43 Å². The maximum atomic E-state index is 12.2. The van der Waals surface area contributed by atoms with Crippen molar-refractivity contribution < 1.29 is 12.6 Å². The summed E-state index contributed by atoms with van der Waals surface area (Å²) in [5, 5.41) is 7.24. The summed E-state index contributed by atoms with van der Waals surface area (Å²) < 4.78 is 29.6. The van der Waals surface area contributed by atoms with E-state index < -0.39 is 10.1 Å². The molecule has 8 heteroatoms. The van der Waals surface area contributed by atoms with Crippen molar-refractivity contribution in [1.82, 2.24) is 10.7 Å². The zero-order chi connectivity index (χ0) is 19.0. The van der Waals surface area contributed by atoms with Crippen molar-refractivity contribution in [3.63, 3.8) is 0 Å². The summed E-state index contributed by atoms with van der Waals surface area (Å²) in [7, 11) is -3.86. The molecule has 0 aliphatic carbocycles. The molecule has 2 rings (SSSR count). The van der Waals surface area contributed by atoms with Gasteiger partial charge in [-0.1, -0.05) is 23.8 Å². The van der Waals surface area contributed by atoms with E-state index in [9.17, 15) is 8.42 Å². The second-order valence-corrected chi connectivity index (χ2v) is 7.24. The lowest BCUT2D eigenvalue weighted by molar-refractivity contribution is 0.486. The van der Waals surface area contributed by atoms with Gasteiger partial charge >= 0.3 is 10.1 Å². The summed E-state index contributed by atoms with van der Waals surface area (Å²) in [6.07, 6.45) is 3.24. The predicted octanol–water partition coefficient (Wildman–Crippen LogP) is 2.75. The summed E-state index contributed by atoms with van der Waals surface area (Å²) in [5.41, 5.74) is 4.39. The van der Waals surface area contributed by atoms with Gasteiger partial charge in [0.15, 0.2) is 5.11 Å². The van der Waals surface area contributed by atoms with Crippen LogP contribution in [0, 0.1) is 6.92 Å².